The van der Waals surface area contributed by atoms with Crippen LogP contribution in [0.1, 0.15) is 30.9 Å². The van der Waals surface area contributed by atoms with Crippen molar-refractivity contribution in [2.45, 2.75) is 25.3 Å². The van der Waals surface area contributed by atoms with E-state index in [1.807, 2.05) is 30.3 Å². The van der Waals surface area contributed by atoms with Gasteiger partial charge in [0.25, 0.3) is 0 Å². The number of benzene rings is 1. The third-order valence-corrected chi connectivity index (χ3v) is 2.79. The monoisotopic (exact) mass is 264 g/mol. The summed E-state index contributed by atoms with van der Waals surface area (Å²) in [6.07, 6.45) is 0.809. The van der Waals surface area contributed by atoms with E-state index in [1.54, 1.807) is 7.05 Å². The summed E-state index contributed by atoms with van der Waals surface area (Å²) in [7, 11) is 1.78. The number of amides is 1. The molecule has 0 heterocycles. The third kappa shape index (κ3) is 6.01. The van der Waals surface area contributed by atoms with Gasteiger partial charge in [0.2, 0.25) is 5.91 Å². The molecule has 19 heavy (non-hydrogen) atoms. The van der Waals surface area contributed by atoms with E-state index in [-0.39, 0.29) is 18.4 Å². The van der Waals surface area contributed by atoms with Gasteiger partial charge in [0.15, 0.2) is 0 Å². The van der Waals surface area contributed by atoms with Crippen LogP contribution >= 0.6 is 0 Å². The zero-order valence-electron chi connectivity index (χ0n) is 11.1. The molecule has 104 valence electrons. The van der Waals surface area contributed by atoms with Crippen LogP contribution in [0.25, 0.3) is 0 Å². The summed E-state index contributed by atoms with van der Waals surface area (Å²) >= 11 is 0. The van der Waals surface area contributed by atoms with Crippen molar-refractivity contribution in [1.29, 1.82) is 0 Å². The summed E-state index contributed by atoms with van der Waals surface area (Å²) in [5.74, 6) is -0.931. The lowest BCUT2D eigenvalue weighted by molar-refractivity contribution is -0.137. The molecule has 5 heteroatoms. The molecule has 0 saturated carbocycles. The van der Waals surface area contributed by atoms with Crippen molar-refractivity contribution in [2.75, 3.05) is 13.6 Å². The van der Waals surface area contributed by atoms with Crippen molar-refractivity contribution in [3.8, 4) is 0 Å². The molecule has 1 amide bonds. The lowest BCUT2D eigenvalue weighted by Crippen LogP contribution is -2.31. The average molecular weight is 264 g/mol. The van der Waals surface area contributed by atoms with Crippen molar-refractivity contribution in [3.05, 3.63) is 35.9 Å². The molecule has 1 atom stereocenters. The van der Waals surface area contributed by atoms with E-state index in [4.69, 9.17) is 5.11 Å². The minimum absolute atomic E-state index is 0.0336. The highest BCUT2D eigenvalue weighted by Crippen LogP contribution is 2.18. The number of hydrogen-bond acceptors (Lipinski definition) is 3. The molecular formula is C14H20N2O3. The maximum absolute atomic E-state index is 11.7. The molecule has 1 rings (SSSR count). The first kappa shape index (κ1) is 15.2. The summed E-state index contributed by atoms with van der Waals surface area (Å²) in [6, 6.07) is 9.18. The van der Waals surface area contributed by atoms with Crippen LogP contribution in [0.2, 0.25) is 0 Å². The third-order valence-electron chi connectivity index (χ3n) is 2.79. The summed E-state index contributed by atoms with van der Waals surface area (Å²) in [5, 5.41) is 14.6. The molecule has 5 nitrogen and oxygen atoms in total. The maximum Gasteiger partial charge on any atom is 0.303 e. The van der Waals surface area contributed by atoms with E-state index in [0.29, 0.717) is 19.4 Å². The first-order valence-corrected chi connectivity index (χ1v) is 6.34. The number of carbonyl (C=O) groups is 2. The van der Waals surface area contributed by atoms with Crippen LogP contribution in [0.5, 0.6) is 0 Å². The second kappa shape index (κ2) is 8.26. The van der Waals surface area contributed by atoms with Gasteiger partial charge < -0.3 is 15.7 Å². The number of carbonyl (C=O) groups excluding carboxylic acids is 1. The van der Waals surface area contributed by atoms with Gasteiger partial charge >= 0.3 is 5.97 Å². The highest BCUT2D eigenvalue weighted by molar-refractivity contribution is 5.76. The fourth-order valence-electron chi connectivity index (χ4n) is 1.78. The Morgan fingerprint density at radius 2 is 1.89 bits per heavy atom. The zero-order valence-corrected chi connectivity index (χ0v) is 11.1. The molecule has 3 N–H and O–H groups in total. The van der Waals surface area contributed by atoms with Crippen molar-refractivity contribution in [2.24, 2.45) is 0 Å². The van der Waals surface area contributed by atoms with Gasteiger partial charge in [0, 0.05) is 19.4 Å². The Bertz CT molecular complexity index is 406. The molecule has 0 aromatic heterocycles. The average Bonchev–Trinajstić information content (AvgIpc) is 2.42. The maximum atomic E-state index is 11.7. The largest absolute Gasteiger partial charge is 0.481 e. The topological polar surface area (TPSA) is 78.4 Å². The molecule has 0 aliphatic heterocycles. The van der Waals surface area contributed by atoms with Crippen molar-refractivity contribution >= 4 is 11.9 Å². The highest BCUT2D eigenvalue weighted by Gasteiger charge is 2.15. The summed E-state index contributed by atoms with van der Waals surface area (Å²) in [4.78, 5) is 22.4. The molecule has 0 bridgehead atoms. The van der Waals surface area contributed by atoms with Gasteiger partial charge in [-0.15, -0.1) is 0 Å². The molecule has 0 saturated heterocycles. The Balaban J connectivity index is 2.64. The van der Waals surface area contributed by atoms with Crippen LogP contribution < -0.4 is 10.6 Å². The quantitative estimate of drug-likeness (QED) is 0.661. The number of hydrogen-bond donors (Lipinski definition) is 3. The lowest BCUT2D eigenvalue weighted by atomic mass is 10.0. The van der Waals surface area contributed by atoms with Gasteiger partial charge in [0.05, 0.1) is 6.04 Å². The van der Waals surface area contributed by atoms with Crippen LogP contribution in [0.4, 0.5) is 0 Å². The van der Waals surface area contributed by atoms with E-state index in [2.05, 4.69) is 10.6 Å². The second-order valence-corrected chi connectivity index (χ2v) is 4.32. The highest BCUT2D eigenvalue weighted by atomic mass is 16.4. The van der Waals surface area contributed by atoms with Gasteiger partial charge in [-0.2, -0.15) is 0 Å². The van der Waals surface area contributed by atoms with Crippen LogP contribution in [0, 0.1) is 0 Å². The van der Waals surface area contributed by atoms with Gasteiger partial charge in [-0.25, -0.2) is 0 Å². The van der Waals surface area contributed by atoms with E-state index in [1.165, 1.54) is 0 Å². The summed E-state index contributed by atoms with van der Waals surface area (Å²) < 4.78 is 0. The molecule has 1 aromatic carbocycles. The van der Waals surface area contributed by atoms with E-state index < -0.39 is 5.97 Å². The number of aliphatic carboxylic acids is 1. The molecule has 1 aromatic rings. The Morgan fingerprint density at radius 3 is 2.47 bits per heavy atom. The molecular weight excluding hydrogens is 244 g/mol. The van der Waals surface area contributed by atoms with Gasteiger partial charge in [0.1, 0.15) is 0 Å². The predicted octanol–water partition coefficient (Wildman–Crippen LogP) is 1.32. The van der Waals surface area contributed by atoms with E-state index in [9.17, 15) is 9.59 Å². The zero-order chi connectivity index (χ0) is 14.1. The molecule has 0 aliphatic rings. The number of rotatable bonds is 8. The van der Waals surface area contributed by atoms with E-state index >= 15 is 0 Å². The number of carboxylic acids is 1. The minimum Gasteiger partial charge on any atom is -0.481 e. The Hall–Kier alpha value is -1.88. The van der Waals surface area contributed by atoms with Crippen molar-refractivity contribution in [1.82, 2.24) is 10.6 Å². The minimum atomic E-state index is -0.856. The molecule has 0 aliphatic carbocycles. The predicted molar refractivity (Wildman–Crippen MR) is 72.7 cm³/mol. The first-order chi connectivity index (χ1) is 9.13. The second-order valence-electron chi connectivity index (χ2n) is 4.32. The van der Waals surface area contributed by atoms with Gasteiger partial charge in [-0.1, -0.05) is 30.3 Å². The Morgan fingerprint density at radius 1 is 1.21 bits per heavy atom. The molecule has 0 spiro atoms. The number of carboxylic acid groups (broad SMARTS) is 1. The van der Waals surface area contributed by atoms with Crippen molar-refractivity contribution in [3.63, 3.8) is 0 Å². The van der Waals surface area contributed by atoms with Crippen LogP contribution in [0.15, 0.2) is 30.3 Å². The van der Waals surface area contributed by atoms with Crippen LogP contribution in [-0.4, -0.2) is 30.6 Å². The summed E-state index contributed by atoms with van der Waals surface area (Å²) in [5.41, 5.74) is 0.932. The Labute approximate surface area is 113 Å². The Kier molecular flexibility index (Phi) is 6.60. The smallest absolute Gasteiger partial charge is 0.303 e. The standard InChI is InChI=1S/C14H20N2O3/c1-15-10-9-13(17)16-12(7-8-14(18)19)11-5-3-2-4-6-11/h2-6,12,15H,7-10H2,1H3,(H,16,17)(H,18,19). The first-order valence-electron chi connectivity index (χ1n) is 6.34. The van der Waals surface area contributed by atoms with Crippen LogP contribution in [0.3, 0.4) is 0 Å². The summed E-state index contributed by atoms with van der Waals surface area (Å²) in [6.45, 7) is 0.603. The van der Waals surface area contributed by atoms with Gasteiger partial charge in [-0.3, -0.25) is 9.59 Å². The SMILES string of the molecule is CNCCC(=O)NC(CCC(=O)O)c1ccccc1. The molecule has 0 radical (unpaired) electrons. The van der Waals surface area contributed by atoms with Crippen LogP contribution in [-0.2, 0) is 9.59 Å². The number of nitrogens with one attached hydrogen (secondary N) is 2. The van der Waals surface area contributed by atoms with Crippen molar-refractivity contribution < 1.29 is 14.7 Å². The fourth-order valence-corrected chi connectivity index (χ4v) is 1.78. The fraction of sp³-hybridized carbons (Fsp3) is 0.429. The molecule has 1 unspecified atom stereocenters. The lowest BCUT2D eigenvalue weighted by Gasteiger charge is -2.18. The normalized spacial score (nSPS) is 11.8. The molecule has 0 fully saturated rings. The van der Waals surface area contributed by atoms with Gasteiger partial charge in [-0.05, 0) is 19.0 Å². The van der Waals surface area contributed by atoms with E-state index in [0.717, 1.165) is 5.56 Å².